The predicted molar refractivity (Wildman–Crippen MR) is 41.9 cm³/mol. The van der Waals surface area contributed by atoms with E-state index in [0.29, 0.717) is 0 Å². The van der Waals surface area contributed by atoms with E-state index in [1.807, 2.05) is 0 Å². The Morgan fingerprint density at radius 1 is 0.941 bits per heavy atom. The fraction of sp³-hybridized carbons (Fsp3) is 0.667. The summed E-state index contributed by atoms with van der Waals surface area (Å²) in [5.74, 6) is -0.134. The molecule has 0 aliphatic rings. The minimum atomic E-state index is -4.93. The third-order valence-corrected chi connectivity index (χ3v) is 2.51. The van der Waals surface area contributed by atoms with Gasteiger partial charge in [0.1, 0.15) is 0 Å². The molecule has 17 heavy (non-hydrogen) atoms. The van der Waals surface area contributed by atoms with Crippen LogP contribution in [0.3, 0.4) is 0 Å². The maximum atomic E-state index is 11.7. The van der Waals surface area contributed by atoms with Crippen LogP contribution in [0.15, 0.2) is 12.1 Å². The first-order valence-electron chi connectivity index (χ1n) is 3.78. The molecule has 0 heterocycles. The van der Waals surface area contributed by atoms with Gasteiger partial charge in [-0.1, -0.05) is 0 Å². The van der Waals surface area contributed by atoms with Crippen LogP contribution >= 0.6 is 7.60 Å². The molecular formula is C6H6F7O3P. The monoisotopic (exact) mass is 290 g/mol. The van der Waals surface area contributed by atoms with Crippen LogP contribution < -0.4 is 0 Å². The van der Waals surface area contributed by atoms with Crippen LogP contribution in [0, 0.1) is 0 Å². The Balaban J connectivity index is 4.53. The van der Waals surface area contributed by atoms with E-state index in [2.05, 4.69) is 9.05 Å². The summed E-state index contributed by atoms with van der Waals surface area (Å²) in [6, 6.07) is 0. The summed E-state index contributed by atoms with van der Waals surface area (Å²) in [6.07, 6.45) is -10.4. The van der Waals surface area contributed by atoms with Gasteiger partial charge in [0.25, 0.3) is 0 Å². The summed E-state index contributed by atoms with van der Waals surface area (Å²) >= 11 is 0. The average Bonchev–Trinajstić information content (AvgIpc) is 2.11. The van der Waals surface area contributed by atoms with Crippen LogP contribution in [0.25, 0.3) is 0 Å². The summed E-state index contributed by atoms with van der Waals surface area (Å²) in [5, 5.41) is 0. The first-order chi connectivity index (χ1) is 7.47. The van der Waals surface area contributed by atoms with Gasteiger partial charge in [0.2, 0.25) is 0 Å². The van der Waals surface area contributed by atoms with Crippen LogP contribution in [0.1, 0.15) is 0 Å². The van der Waals surface area contributed by atoms with Gasteiger partial charge in [-0.2, -0.15) is 26.3 Å². The predicted octanol–water partition coefficient (Wildman–Crippen LogP) is 3.78. The first-order valence-corrected chi connectivity index (χ1v) is 5.39. The van der Waals surface area contributed by atoms with Gasteiger partial charge in [-0.3, -0.25) is 13.6 Å². The minimum absolute atomic E-state index is 0.134. The number of rotatable bonds is 5. The van der Waals surface area contributed by atoms with E-state index < -0.39 is 39.5 Å². The molecule has 0 amide bonds. The van der Waals surface area contributed by atoms with Gasteiger partial charge < -0.3 is 0 Å². The van der Waals surface area contributed by atoms with Crippen molar-refractivity contribution in [3.63, 3.8) is 0 Å². The van der Waals surface area contributed by atoms with Gasteiger partial charge in [-0.25, -0.2) is 4.39 Å². The lowest BCUT2D eigenvalue weighted by Gasteiger charge is -2.16. The van der Waals surface area contributed by atoms with E-state index >= 15 is 0 Å². The molecule has 0 aromatic carbocycles. The fourth-order valence-electron chi connectivity index (χ4n) is 0.519. The molecule has 0 saturated heterocycles. The van der Waals surface area contributed by atoms with Crippen molar-refractivity contribution in [1.82, 2.24) is 0 Å². The van der Waals surface area contributed by atoms with E-state index in [1.54, 1.807) is 0 Å². The van der Waals surface area contributed by atoms with E-state index in [0.717, 1.165) is 0 Å². The van der Waals surface area contributed by atoms with Crippen molar-refractivity contribution in [3.05, 3.63) is 12.1 Å². The molecule has 0 rings (SSSR count). The molecule has 0 spiro atoms. The number of alkyl halides is 6. The lowest BCUT2D eigenvalue weighted by atomic mass is 10.7. The fourth-order valence-corrected chi connectivity index (χ4v) is 1.56. The van der Waals surface area contributed by atoms with Crippen molar-refractivity contribution in [2.75, 3.05) is 13.2 Å². The molecule has 102 valence electrons. The molecule has 0 unspecified atom stereocenters. The molecule has 0 atom stereocenters. The van der Waals surface area contributed by atoms with Crippen LogP contribution in [0.4, 0.5) is 30.7 Å². The van der Waals surface area contributed by atoms with Gasteiger partial charge in [-0.15, -0.1) is 0 Å². The Hall–Kier alpha value is -0.600. The Bertz CT molecular complexity index is 286. The van der Waals surface area contributed by atoms with Gasteiger partial charge in [0.15, 0.2) is 13.2 Å². The second-order valence-corrected chi connectivity index (χ2v) is 4.49. The molecule has 0 saturated carbocycles. The minimum Gasteiger partial charge on any atom is -0.296 e. The molecule has 0 aliphatic carbocycles. The number of halogens is 7. The summed E-state index contributed by atoms with van der Waals surface area (Å²) in [4.78, 5) is 0. The number of hydrogen-bond acceptors (Lipinski definition) is 3. The third kappa shape index (κ3) is 9.13. The zero-order valence-electron chi connectivity index (χ0n) is 7.89. The largest absolute Gasteiger partial charge is 0.412 e. The van der Waals surface area contributed by atoms with Crippen LogP contribution in [-0.4, -0.2) is 25.6 Å². The second-order valence-electron chi connectivity index (χ2n) is 2.59. The summed E-state index contributed by atoms with van der Waals surface area (Å²) < 4.78 is 100.0. The highest BCUT2D eigenvalue weighted by Crippen LogP contribution is 2.51. The maximum absolute atomic E-state index is 11.7. The average molecular weight is 290 g/mol. The molecule has 0 aromatic heterocycles. The molecule has 0 aromatic rings. The Kier molecular flexibility index (Phi) is 5.63. The van der Waals surface area contributed by atoms with E-state index in [-0.39, 0.29) is 5.82 Å². The van der Waals surface area contributed by atoms with E-state index in [1.165, 1.54) is 0 Å². The highest BCUT2D eigenvalue weighted by atomic mass is 31.2. The van der Waals surface area contributed by atoms with Crippen LogP contribution in [0.5, 0.6) is 0 Å². The Labute approximate surface area is 90.7 Å². The second kappa shape index (κ2) is 5.83. The summed E-state index contributed by atoms with van der Waals surface area (Å²) in [5.41, 5.74) is 0. The zero-order chi connectivity index (χ0) is 13.7. The molecule has 0 bridgehead atoms. The highest BCUT2D eigenvalue weighted by molar-refractivity contribution is 7.57. The Morgan fingerprint density at radius 2 is 1.29 bits per heavy atom. The van der Waals surface area contributed by atoms with E-state index in [9.17, 15) is 35.3 Å². The van der Waals surface area contributed by atoms with Crippen molar-refractivity contribution in [3.8, 4) is 0 Å². The zero-order valence-corrected chi connectivity index (χ0v) is 8.78. The van der Waals surface area contributed by atoms with Crippen molar-refractivity contribution >= 4 is 7.60 Å². The van der Waals surface area contributed by atoms with Gasteiger partial charge in [0, 0.05) is 0 Å². The molecule has 11 heteroatoms. The first kappa shape index (κ1) is 16.4. The third-order valence-electron chi connectivity index (χ3n) is 1.06. The lowest BCUT2D eigenvalue weighted by molar-refractivity contribution is -0.164. The molecule has 0 aliphatic heterocycles. The van der Waals surface area contributed by atoms with Crippen LogP contribution in [-0.2, 0) is 13.6 Å². The molecule has 0 radical (unpaired) electrons. The van der Waals surface area contributed by atoms with Crippen molar-refractivity contribution in [1.29, 1.82) is 0 Å². The SMILES string of the molecule is O=P(C=CF)(OCC(F)(F)F)OCC(F)(F)F. The van der Waals surface area contributed by atoms with Crippen molar-refractivity contribution in [2.45, 2.75) is 12.4 Å². The smallest absolute Gasteiger partial charge is 0.296 e. The highest BCUT2D eigenvalue weighted by Gasteiger charge is 2.37. The van der Waals surface area contributed by atoms with Crippen molar-refractivity contribution < 1.29 is 44.3 Å². The quantitative estimate of drug-likeness (QED) is 0.571. The van der Waals surface area contributed by atoms with Gasteiger partial charge in [-0.05, 0) is 0 Å². The maximum Gasteiger partial charge on any atom is 0.412 e. The van der Waals surface area contributed by atoms with Crippen molar-refractivity contribution in [2.24, 2.45) is 0 Å². The molecule has 3 nitrogen and oxygen atoms in total. The normalized spacial score (nSPS) is 14.5. The van der Waals surface area contributed by atoms with Gasteiger partial charge in [0.05, 0.1) is 12.1 Å². The van der Waals surface area contributed by atoms with Crippen LogP contribution in [0.2, 0.25) is 0 Å². The Morgan fingerprint density at radius 3 is 1.53 bits per heavy atom. The van der Waals surface area contributed by atoms with E-state index in [4.69, 9.17) is 0 Å². The number of hydrogen-bond donors (Lipinski definition) is 0. The topological polar surface area (TPSA) is 35.5 Å². The lowest BCUT2D eigenvalue weighted by Crippen LogP contribution is -2.19. The molecule has 0 N–H and O–H groups in total. The summed E-state index contributed by atoms with van der Waals surface area (Å²) in [6.45, 7) is -4.24. The molecular weight excluding hydrogens is 284 g/mol. The summed E-state index contributed by atoms with van der Waals surface area (Å²) in [7, 11) is -4.91. The standard InChI is InChI=1S/C6H6F7O3P/c7-1-2-17(14,15-3-5(8,9)10)16-4-6(11,12)13/h1-2H,3-4H2. The molecule has 0 fully saturated rings. The van der Waals surface area contributed by atoms with Gasteiger partial charge >= 0.3 is 19.9 Å².